The Kier molecular flexibility index (Phi) is 5.51. The van der Waals surface area contributed by atoms with E-state index in [2.05, 4.69) is 16.8 Å². The quantitative estimate of drug-likeness (QED) is 0.781. The van der Waals surface area contributed by atoms with Gasteiger partial charge in [0.2, 0.25) is 0 Å². The van der Waals surface area contributed by atoms with Crippen molar-refractivity contribution in [2.75, 3.05) is 32.8 Å². The molecule has 0 spiro atoms. The summed E-state index contributed by atoms with van der Waals surface area (Å²) in [6.07, 6.45) is 1.11. The van der Waals surface area contributed by atoms with Crippen molar-refractivity contribution in [1.29, 1.82) is 0 Å². The molecule has 0 radical (unpaired) electrons. The lowest BCUT2D eigenvalue weighted by Crippen LogP contribution is -2.38. The first-order valence-corrected chi connectivity index (χ1v) is 7.95. The zero-order valence-electron chi connectivity index (χ0n) is 12.3. The number of carbonyl (C=O) groups is 1. The third-order valence-corrected chi connectivity index (χ3v) is 4.31. The fourth-order valence-electron chi connectivity index (χ4n) is 2.31. The Morgan fingerprint density at radius 1 is 1.55 bits per heavy atom. The molecule has 1 aliphatic heterocycles. The summed E-state index contributed by atoms with van der Waals surface area (Å²) in [5.74, 6) is -0.339. The highest BCUT2D eigenvalue weighted by atomic mass is 32.1. The zero-order valence-corrected chi connectivity index (χ0v) is 13.2. The minimum atomic E-state index is -0.339. The third kappa shape index (κ3) is 3.56. The lowest BCUT2D eigenvalue weighted by atomic mass is 10.2. The number of hydrogen-bond donors (Lipinski definition) is 0. The molecule has 0 bridgehead atoms. The van der Waals surface area contributed by atoms with Gasteiger partial charge in [0.05, 0.1) is 13.2 Å². The summed E-state index contributed by atoms with van der Waals surface area (Å²) in [5.41, 5.74) is 0.433. The van der Waals surface area contributed by atoms with Crippen LogP contribution in [0.1, 0.15) is 46.7 Å². The summed E-state index contributed by atoms with van der Waals surface area (Å²) in [7, 11) is 0. The van der Waals surface area contributed by atoms with Gasteiger partial charge in [0.25, 0.3) is 0 Å². The number of aryl methyl sites for hydroxylation is 1. The average Bonchev–Trinajstić information content (AvgIpc) is 2.82. The maximum Gasteiger partial charge on any atom is 0.358 e. The number of nitrogens with zero attached hydrogens (tertiary/aromatic N) is 2. The topological polar surface area (TPSA) is 51.7 Å². The lowest BCUT2D eigenvalue weighted by molar-refractivity contribution is -0.0300. The van der Waals surface area contributed by atoms with Crippen LogP contribution in [0.2, 0.25) is 0 Å². The molecular weight excluding hydrogens is 276 g/mol. The summed E-state index contributed by atoms with van der Waals surface area (Å²) in [4.78, 5) is 19.5. The summed E-state index contributed by atoms with van der Waals surface area (Å²) in [6.45, 7) is 9.87. The van der Waals surface area contributed by atoms with Crippen LogP contribution in [-0.2, 0) is 9.47 Å². The maximum atomic E-state index is 11.8. The van der Waals surface area contributed by atoms with Crippen molar-refractivity contribution in [2.45, 2.75) is 33.3 Å². The summed E-state index contributed by atoms with van der Waals surface area (Å²) >= 11 is 1.53. The van der Waals surface area contributed by atoms with Gasteiger partial charge in [0.1, 0.15) is 11.1 Å². The van der Waals surface area contributed by atoms with Crippen LogP contribution in [0.15, 0.2) is 0 Å². The second-order valence-corrected chi connectivity index (χ2v) is 6.07. The van der Waals surface area contributed by atoms with Crippen molar-refractivity contribution < 1.29 is 14.3 Å². The Hall–Kier alpha value is -0.980. The second kappa shape index (κ2) is 7.15. The van der Waals surface area contributed by atoms with E-state index < -0.39 is 0 Å². The molecule has 20 heavy (non-hydrogen) atoms. The third-order valence-electron chi connectivity index (χ3n) is 3.25. The second-order valence-electron chi connectivity index (χ2n) is 4.84. The predicted octanol–water partition coefficient (Wildman–Crippen LogP) is 2.41. The lowest BCUT2D eigenvalue weighted by Gasteiger charge is -2.31. The molecule has 0 saturated carbocycles. The molecular formula is C14H22N2O3S. The Morgan fingerprint density at radius 3 is 3.05 bits per heavy atom. The molecule has 112 valence electrons. The Bertz CT molecular complexity index is 459. The first-order valence-electron chi connectivity index (χ1n) is 7.14. The first kappa shape index (κ1) is 15.4. The molecule has 5 nitrogen and oxygen atoms in total. The highest BCUT2D eigenvalue weighted by Gasteiger charge is 2.26. The SMILES string of the molecule is CCCN1CCOC(c2nc(C(=O)OCC)c(C)s2)C1. The van der Waals surface area contributed by atoms with E-state index >= 15 is 0 Å². The standard InChI is InChI=1S/C14H22N2O3S/c1-4-6-16-7-8-19-11(9-16)13-15-12(10(3)20-13)14(17)18-5-2/h11H,4-9H2,1-3H3. The molecule has 0 amide bonds. The molecule has 2 rings (SSSR count). The van der Waals surface area contributed by atoms with Gasteiger partial charge in [-0.05, 0) is 26.8 Å². The largest absolute Gasteiger partial charge is 0.461 e. The van der Waals surface area contributed by atoms with Crippen LogP contribution in [0.5, 0.6) is 0 Å². The molecule has 2 heterocycles. The smallest absolute Gasteiger partial charge is 0.358 e. The Labute approximate surface area is 123 Å². The number of ether oxygens (including phenoxy) is 2. The zero-order chi connectivity index (χ0) is 14.5. The summed E-state index contributed by atoms with van der Waals surface area (Å²) in [5, 5.41) is 0.881. The molecule has 1 aromatic rings. The molecule has 1 saturated heterocycles. The average molecular weight is 298 g/mol. The van der Waals surface area contributed by atoms with E-state index in [1.165, 1.54) is 11.3 Å². The van der Waals surface area contributed by atoms with Gasteiger partial charge in [0, 0.05) is 18.0 Å². The summed E-state index contributed by atoms with van der Waals surface area (Å²) < 4.78 is 10.8. The van der Waals surface area contributed by atoms with Crippen molar-refractivity contribution in [3.05, 3.63) is 15.6 Å². The van der Waals surface area contributed by atoms with E-state index in [-0.39, 0.29) is 12.1 Å². The molecule has 1 atom stereocenters. The Balaban J connectivity index is 2.09. The van der Waals surface area contributed by atoms with Crippen LogP contribution in [0.25, 0.3) is 0 Å². The van der Waals surface area contributed by atoms with Crippen LogP contribution < -0.4 is 0 Å². The van der Waals surface area contributed by atoms with E-state index in [9.17, 15) is 4.79 Å². The molecule has 0 aliphatic carbocycles. The highest BCUT2D eigenvalue weighted by molar-refractivity contribution is 7.11. The van der Waals surface area contributed by atoms with Crippen molar-refractivity contribution in [3.63, 3.8) is 0 Å². The van der Waals surface area contributed by atoms with Gasteiger partial charge in [-0.15, -0.1) is 11.3 Å². The van der Waals surface area contributed by atoms with Gasteiger partial charge < -0.3 is 9.47 Å². The van der Waals surface area contributed by atoms with E-state index in [0.29, 0.717) is 12.3 Å². The van der Waals surface area contributed by atoms with Crippen molar-refractivity contribution in [3.8, 4) is 0 Å². The highest BCUT2D eigenvalue weighted by Crippen LogP contribution is 2.28. The van der Waals surface area contributed by atoms with Gasteiger partial charge in [-0.1, -0.05) is 6.92 Å². The number of hydrogen-bond acceptors (Lipinski definition) is 6. The van der Waals surface area contributed by atoms with Crippen LogP contribution in [0.3, 0.4) is 0 Å². The van der Waals surface area contributed by atoms with Gasteiger partial charge >= 0.3 is 5.97 Å². The minimum absolute atomic E-state index is 0.0258. The van der Waals surface area contributed by atoms with Crippen molar-refractivity contribution >= 4 is 17.3 Å². The molecule has 0 N–H and O–H groups in total. The number of thiazole rings is 1. The molecule has 1 aliphatic rings. The fourth-order valence-corrected chi connectivity index (χ4v) is 3.27. The number of esters is 1. The van der Waals surface area contributed by atoms with Gasteiger partial charge in [-0.25, -0.2) is 9.78 Å². The molecule has 1 fully saturated rings. The van der Waals surface area contributed by atoms with Crippen LogP contribution >= 0.6 is 11.3 Å². The van der Waals surface area contributed by atoms with Gasteiger partial charge in [-0.3, -0.25) is 4.90 Å². The fraction of sp³-hybridized carbons (Fsp3) is 0.714. The van der Waals surface area contributed by atoms with Gasteiger partial charge in [0.15, 0.2) is 5.69 Å². The normalized spacial score (nSPS) is 20.1. The van der Waals surface area contributed by atoms with E-state index in [1.54, 1.807) is 6.92 Å². The number of aromatic nitrogens is 1. The van der Waals surface area contributed by atoms with Crippen LogP contribution in [-0.4, -0.2) is 48.7 Å². The molecule has 1 aromatic heterocycles. The molecule has 0 aromatic carbocycles. The van der Waals surface area contributed by atoms with E-state index in [1.807, 2.05) is 6.92 Å². The Morgan fingerprint density at radius 2 is 2.35 bits per heavy atom. The van der Waals surface area contributed by atoms with E-state index in [0.717, 1.165) is 42.5 Å². The van der Waals surface area contributed by atoms with Gasteiger partial charge in [-0.2, -0.15) is 0 Å². The number of morpholine rings is 1. The van der Waals surface area contributed by atoms with Crippen LogP contribution in [0, 0.1) is 6.92 Å². The minimum Gasteiger partial charge on any atom is -0.461 e. The van der Waals surface area contributed by atoms with Crippen molar-refractivity contribution in [2.24, 2.45) is 0 Å². The predicted molar refractivity (Wildman–Crippen MR) is 78.2 cm³/mol. The maximum absolute atomic E-state index is 11.8. The molecule has 6 heteroatoms. The first-order chi connectivity index (χ1) is 9.65. The number of rotatable bonds is 5. The summed E-state index contributed by atoms with van der Waals surface area (Å²) in [6, 6.07) is 0. The van der Waals surface area contributed by atoms with Crippen LogP contribution in [0.4, 0.5) is 0 Å². The monoisotopic (exact) mass is 298 g/mol. The van der Waals surface area contributed by atoms with E-state index in [4.69, 9.17) is 9.47 Å². The van der Waals surface area contributed by atoms with Crippen molar-refractivity contribution in [1.82, 2.24) is 9.88 Å². The number of carbonyl (C=O) groups excluding carboxylic acids is 1. The molecule has 1 unspecified atom stereocenters.